The van der Waals surface area contributed by atoms with Gasteiger partial charge in [-0.05, 0) is 5.56 Å². The maximum atomic E-state index is 11.7. The molecule has 0 saturated carbocycles. The molecule has 0 spiro atoms. The molecule has 2 aromatic carbocycles. The Morgan fingerprint density at radius 2 is 1.43 bits per heavy atom. The molecule has 108 valence electrons. The second-order valence-corrected chi connectivity index (χ2v) is 4.41. The van der Waals surface area contributed by atoms with Crippen molar-refractivity contribution in [2.75, 3.05) is 13.2 Å². The van der Waals surface area contributed by atoms with Crippen molar-refractivity contribution in [3.63, 3.8) is 0 Å². The molecular formula is C17H16O4. The highest BCUT2D eigenvalue weighted by atomic mass is 16.7. The van der Waals surface area contributed by atoms with Gasteiger partial charge >= 0.3 is 6.16 Å². The molecule has 0 aliphatic carbocycles. The van der Waals surface area contributed by atoms with E-state index in [4.69, 9.17) is 9.47 Å². The first-order chi connectivity index (χ1) is 10.3. The number of hydrogen-bond acceptors (Lipinski definition) is 4. The van der Waals surface area contributed by atoms with Gasteiger partial charge in [0.1, 0.15) is 0 Å². The van der Waals surface area contributed by atoms with Gasteiger partial charge in [0, 0.05) is 12.0 Å². The van der Waals surface area contributed by atoms with Crippen LogP contribution in [0.1, 0.15) is 15.9 Å². The second-order valence-electron chi connectivity index (χ2n) is 4.41. The summed E-state index contributed by atoms with van der Waals surface area (Å²) in [6, 6.07) is 18.3. The molecule has 0 aliphatic heterocycles. The Labute approximate surface area is 123 Å². The lowest BCUT2D eigenvalue weighted by molar-refractivity contribution is 0.0503. The minimum absolute atomic E-state index is 0.225. The van der Waals surface area contributed by atoms with Gasteiger partial charge in [-0.25, -0.2) is 4.79 Å². The SMILES string of the molecule is O=C(OCCc1ccccc1)OCC(=O)c1ccccc1. The van der Waals surface area contributed by atoms with Gasteiger partial charge in [0.15, 0.2) is 12.4 Å². The summed E-state index contributed by atoms with van der Waals surface area (Å²) in [6.07, 6.45) is -0.210. The number of carbonyl (C=O) groups is 2. The molecule has 0 amide bonds. The Kier molecular flexibility index (Phi) is 5.52. The van der Waals surface area contributed by atoms with Gasteiger partial charge in [0.05, 0.1) is 6.61 Å². The van der Waals surface area contributed by atoms with E-state index in [0.29, 0.717) is 12.0 Å². The fourth-order valence-corrected chi connectivity index (χ4v) is 1.77. The number of ether oxygens (including phenoxy) is 2. The number of hydrogen-bond donors (Lipinski definition) is 0. The Bertz CT molecular complexity index is 578. The van der Waals surface area contributed by atoms with Gasteiger partial charge < -0.3 is 9.47 Å². The first-order valence-electron chi connectivity index (χ1n) is 6.67. The quantitative estimate of drug-likeness (QED) is 0.603. The highest BCUT2D eigenvalue weighted by Gasteiger charge is 2.10. The van der Waals surface area contributed by atoms with Gasteiger partial charge in [-0.1, -0.05) is 60.7 Å². The van der Waals surface area contributed by atoms with E-state index in [1.54, 1.807) is 24.3 Å². The molecule has 0 N–H and O–H groups in total. The van der Waals surface area contributed by atoms with Crippen LogP contribution in [-0.4, -0.2) is 25.2 Å². The number of ketones is 1. The molecule has 0 aromatic heterocycles. The van der Waals surface area contributed by atoms with E-state index in [0.717, 1.165) is 5.56 Å². The monoisotopic (exact) mass is 284 g/mol. The number of Topliss-reactive ketones (excluding diaryl/α,β-unsaturated/α-hetero) is 1. The third-order valence-electron chi connectivity index (χ3n) is 2.87. The summed E-state index contributed by atoms with van der Waals surface area (Å²) in [5.41, 5.74) is 1.58. The summed E-state index contributed by atoms with van der Waals surface area (Å²) in [5.74, 6) is -0.254. The Morgan fingerprint density at radius 1 is 0.810 bits per heavy atom. The standard InChI is InChI=1S/C17H16O4/c18-16(15-9-5-2-6-10-15)13-21-17(19)20-12-11-14-7-3-1-4-8-14/h1-10H,11-13H2. The van der Waals surface area contributed by atoms with Crippen molar-refractivity contribution in [2.24, 2.45) is 0 Å². The first-order valence-corrected chi connectivity index (χ1v) is 6.67. The maximum Gasteiger partial charge on any atom is 0.508 e. The van der Waals surface area contributed by atoms with Crippen LogP contribution in [0.4, 0.5) is 4.79 Å². The first kappa shape index (κ1) is 14.8. The maximum absolute atomic E-state index is 11.7. The van der Waals surface area contributed by atoms with Gasteiger partial charge in [0.2, 0.25) is 0 Å². The largest absolute Gasteiger partial charge is 0.508 e. The van der Waals surface area contributed by atoms with Crippen molar-refractivity contribution < 1.29 is 19.1 Å². The van der Waals surface area contributed by atoms with Crippen LogP contribution >= 0.6 is 0 Å². The normalized spacial score (nSPS) is 9.90. The molecule has 0 radical (unpaired) electrons. The van der Waals surface area contributed by atoms with E-state index in [9.17, 15) is 9.59 Å². The third kappa shape index (κ3) is 5.10. The average Bonchev–Trinajstić information content (AvgIpc) is 2.54. The number of carbonyl (C=O) groups excluding carboxylic acids is 2. The van der Waals surface area contributed by atoms with Crippen molar-refractivity contribution >= 4 is 11.9 Å². The molecule has 0 bridgehead atoms. The third-order valence-corrected chi connectivity index (χ3v) is 2.87. The average molecular weight is 284 g/mol. The molecular weight excluding hydrogens is 268 g/mol. The molecule has 2 rings (SSSR count). The molecule has 21 heavy (non-hydrogen) atoms. The molecule has 0 fully saturated rings. The molecule has 4 heteroatoms. The van der Waals surface area contributed by atoms with Crippen molar-refractivity contribution in [1.29, 1.82) is 0 Å². The van der Waals surface area contributed by atoms with Gasteiger partial charge in [-0.3, -0.25) is 4.79 Å². The Hall–Kier alpha value is -2.62. The lowest BCUT2D eigenvalue weighted by Gasteiger charge is -2.06. The van der Waals surface area contributed by atoms with Crippen LogP contribution < -0.4 is 0 Å². The lowest BCUT2D eigenvalue weighted by Crippen LogP contribution is -2.16. The van der Waals surface area contributed by atoms with Crippen molar-refractivity contribution in [1.82, 2.24) is 0 Å². The topological polar surface area (TPSA) is 52.6 Å². The zero-order chi connectivity index (χ0) is 14.9. The minimum Gasteiger partial charge on any atom is -0.434 e. The van der Waals surface area contributed by atoms with Crippen molar-refractivity contribution in [3.8, 4) is 0 Å². The summed E-state index contributed by atoms with van der Waals surface area (Å²) < 4.78 is 9.70. The van der Waals surface area contributed by atoms with Gasteiger partial charge in [-0.2, -0.15) is 0 Å². The van der Waals surface area contributed by atoms with Crippen LogP contribution in [0.3, 0.4) is 0 Å². The predicted octanol–water partition coefficient (Wildman–Crippen LogP) is 3.27. The van der Waals surface area contributed by atoms with Crippen LogP contribution in [0.2, 0.25) is 0 Å². The molecule has 0 saturated heterocycles. The van der Waals surface area contributed by atoms with E-state index in [1.807, 2.05) is 36.4 Å². The lowest BCUT2D eigenvalue weighted by atomic mass is 10.1. The van der Waals surface area contributed by atoms with Crippen LogP contribution in [0, 0.1) is 0 Å². The highest BCUT2D eigenvalue weighted by molar-refractivity contribution is 5.97. The second kappa shape index (κ2) is 7.85. The van der Waals surface area contributed by atoms with Crippen LogP contribution in [0.15, 0.2) is 60.7 Å². The molecule has 0 aliphatic rings. The summed E-state index contributed by atoms with van der Waals surface area (Å²) in [5, 5.41) is 0. The highest BCUT2D eigenvalue weighted by Crippen LogP contribution is 2.02. The van der Waals surface area contributed by atoms with E-state index in [-0.39, 0.29) is 19.0 Å². The van der Waals surface area contributed by atoms with E-state index >= 15 is 0 Å². The number of rotatable bonds is 6. The number of benzene rings is 2. The van der Waals surface area contributed by atoms with Crippen LogP contribution in [-0.2, 0) is 15.9 Å². The van der Waals surface area contributed by atoms with Gasteiger partial charge in [0.25, 0.3) is 0 Å². The zero-order valence-corrected chi connectivity index (χ0v) is 11.5. The predicted molar refractivity (Wildman–Crippen MR) is 78.2 cm³/mol. The fraction of sp³-hybridized carbons (Fsp3) is 0.176. The summed E-state index contributed by atoms with van der Waals surface area (Å²) in [7, 11) is 0. The Balaban J connectivity index is 1.67. The minimum atomic E-state index is -0.824. The van der Waals surface area contributed by atoms with Crippen molar-refractivity contribution in [3.05, 3.63) is 71.8 Å². The van der Waals surface area contributed by atoms with E-state index < -0.39 is 6.16 Å². The zero-order valence-electron chi connectivity index (χ0n) is 11.5. The summed E-state index contributed by atoms with van der Waals surface area (Å²) in [4.78, 5) is 23.1. The van der Waals surface area contributed by atoms with Crippen LogP contribution in [0.25, 0.3) is 0 Å². The van der Waals surface area contributed by atoms with Gasteiger partial charge in [-0.15, -0.1) is 0 Å². The van der Waals surface area contributed by atoms with E-state index in [2.05, 4.69) is 0 Å². The van der Waals surface area contributed by atoms with Crippen molar-refractivity contribution in [2.45, 2.75) is 6.42 Å². The molecule has 2 aromatic rings. The van der Waals surface area contributed by atoms with E-state index in [1.165, 1.54) is 0 Å². The molecule has 4 nitrogen and oxygen atoms in total. The fourth-order valence-electron chi connectivity index (χ4n) is 1.77. The Morgan fingerprint density at radius 3 is 2.10 bits per heavy atom. The van der Waals surface area contributed by atoms with Crippen LogP contribution in [0.5, 0.6) is 0 Å². The molecule has 0 heterocycles. The smallest absolute Gasteiger partial charge is 0.434 e. The molecule has 0 unspecified atom stereocenters. The summed E-state index contributed by atoms with van der Waals surface area (Å²) in [6.45, 7) is -0.0867. The molecule has 0 atom stereocenters. The summed E-state index contributed by atoms with van der Waals surface area (Å²) >= 11 is 0.